The first-order valence-electron chi connectivity index (χ1n) is 6.74. The third-order valence-electron chi connectivity index (χ3n) is 3.43. The first-order chi connectivity index (χ1) is 9.16. The molecule has 0 N–H and O–H groups in total. The lowest BCUT2D eigenvalue weighted by atomic mass is 10.1. The predicted octanol–water partition coefficient (Wildman–Crippen LogP) is 3.13. The van der Waals surface area contributed by atoms with Crippen molar-refractivity contribution in [3.05, 3.63) is 34.3 Å². The first-order valence-corrected chi connectivity index (χ1v) is 7.54. The maximum atomic E-state index is 12.1. The van der Waals surface area contributed by atoms with Gasteiger partial charge in [-0.3, -0.25) is 4.79 Å². The average molecular weight is 326 g/mol. The molecule has 1 aliphatic heterocycles. The fourth-order valence-corrected chi connectivity index (χ4v) is 2.85. The van der Waals surface area contributed by atoms with E-state index in [1.54, 1.807) is 0 Å². The number of rotatable bonds is 6. The molecule has 4 heteroatoms. The minimum atomic E-state index is 0.187. The number of hydrogen-bond acceptors (Lipinski definition) is 3. The molecule has 1 saturated heterocycles. The molecule has 19 heavy (non-hydrogen) atoms. The molecule has 0 radical (unpaired) electrons. The van der Waals surface area contributed by atoms with E-state index >= 15 is 0 Å². The van der Waals surface area contributed by atoms with Crippen molar-refractivity contribution in [1.29, 1.82) is 0 Å². The van der Waals surface area contributed by atoms with Gasteiger partial charge in [0.15, 0.2) is 5.78 Å². The molecule has 1 fully saturated rings. The van der Waals surface area contributed by atoms with Crippen molar-refractivity contribution >= 4 is 21.7 Å². The first kappa shape index (κ1) is 14.7. The molecular weight excluding hydrogens is 306 g/mol. The van der Waals surface area contributed by atoms with Gasteiger partial charge in [-0.1, -0.05) is 34.1 Å². The lowest BCUT2D eigenvalue weighted by Gasteiger charge is -2.20. The molecule has 1 aliphatic rings. The van der Waals surface area contributed by atoms with Crippen molar-refractivity contribution < 1.29 is 9.53 Å². The zero-order valence-electron chi connectivity index (χ0n) is 11.3. The SMILES string of the molecule is CN(CCC(=O)c1ccccc1Br)CC1CCCO1. The highest BCUT2D eigenvalue weighted by Crippen LogP contribution is 2.18. The smallest absolute Gasteiger partial charge is 0.165 e. The maximum absolute atomic E-state index is 12.1. The summed E-state index contributed by atoms with van der Waals surface area (Å²) in [6.45, 7) is 2.58. The van der Waals surface area contributed by atoms with Gasteiger partial charge in [0.2, 0.25) is 0 Å². The van der Waals surface area contributed by atoms with Gasteiger partial charge >= 0.3 is 0 Å². The van der Waals surface area contributed by atoms with Crippen molar-refractivity contribution in [1.82, 2.24) is 4.90 Å². The van der Waals surface area contributed by atoms with Crippen LogP contribution in [0, 0.1) is 0 Å². The van der Waals surface area contributed by atoms with Crippen LogP contribution in [0.1, 0.15) is 29.6 Å². The number of nitrogens with zero attached hydrogens (tertiary/aromatic N) is 1. The number of carbonyl (C=O) groups is 1. The van der Waals surface area contributed by atoms with Crippen molar-refractivity contribution in [2.75, 3.05) is 26.7 Å². The van der Waals surface area contributed by atoms with Gasteiger partial charge in [-0.2, -0.15) is 0 Å². The molecule has 0 aliphatic carbocycles. The zero-order chi connectivity index (χ0) is 13.7. The molecule has 1 aromatic carbocycles. The van der Waals surface area contributed by atoms with Gasteiger partial charge in [0, 0.05) is 36.2 Å². The normalized spacial score (nSPS) is 19.0. The molecule has 104 valence electrons. The van der Waals surface area contributed by atoms with E-state index in [-0.39, 0.29) is 5.78 Å². The van der Waals surface area contributed by atoms with Gasteiger partial charge in [-0.25, -0.2) is 0 Å². The summed E-state index contributed by atoms with van der Waals surface area (Å²) in [6, 6.07) is 7.59. The number of benzene rings is 1. The van der Waals surface area contributed by atoms with Crippen molar-refractivity contribution in [2.45, 2.75) is 25.4 Å². The third-order valence-corrected chi connectivity index (χ3v) is 4.13. The van der Waals surface area contributed by atoms with E-state index in [1.807, 2.05) is 24.3 Å². The van der Waals surface area contributed by atoms with Crippen LogP contribution in [0.25, 0.3) is 0 Å². The van der Waals surface area contributed by atoms with Crippen LogP contribution in [0.3, 0.4) is 0 Å². The summed E-state index contributed by atoms with van der Waals surface area (Å²) in [4.78, 5) is 14.3. The van der Waals surface area contributed by atoms with Crippen LogP contribution in [0.15, 0.2) is 28.7 Å². The second kappa shape index (κ2) is 7.17. The van der Waals surface area contributed by atoms with Crippen LogP contribution < -0.4 is 0 Å². The largest absolute Gasteiger partial charge is 0.377 e. The van der Waals surface area contributed by atoms with Gasteiger partial charge in [-0.05, 0) is 26.0 Å². The molecule has 3 nitrogen and oxygen atoms in total. The lowest BCUT2D eigenvalue weighted by molar-refractivity contribution is 0.0778. The Labute approximate surface area is 123 Å². The number of Topliss-reactive ketones (excluding diaryl/α,β-unsaturated/α-hetero) is 1. The highest BCUT2D eigenvalue weighted by molar-refractivity contribution is 9.10. The fourth-order valence-electron chi connectivity index (χ4n) is 2.34. The van der Waals surface area contributed by atoms with Crippen LogP contribution in [-0.2, 0) is 4.74 Å². The number of likely N-dealkylation sites (N-methyl/N-ethyl adjacent to an activating group) is 1. The van der Waals surface area contributed by atoms with Crippen molar-refractivity contribution in [3.8, 4) is 0 Å². The van der Waals surface area contributed by atoms with E-state index in [0.717, 1.165) is 42.6 Å². The number of ketones is 1. The number of carbonyl (C=O) groups excluding carboxylic acids is 1. The van der Waals surface area contributed by atoms with Crippen molar-refractivity contribution in [3.63, 3.8) is 0 Å². The summed E-state index contributed by atoms with van der Waals surface area (Å²) in [5.41, 5.74) is 0.771. The van der Waals surface area contributed by atoms with Gasteiger partial charge < -0.3 is 9.64 Å². The summed E-state index contributed by atoms with van der Waals surface area (Å²) in [7, 11) is 2.05. The number of ether oxygens (including phenoxy) is 1. The van der Waals surface area contributed by atoms with E-state index in [4.69, 9.17) is 4.74 Å². The minimum absolute atomic E-state index is 0.187. The van der Waals surface area contributed by atoms with E-state index < -0.39 is 0 Å². The summed E-state index contributed by atoms with van der Waals surface area (Å²) in [6.07, 6.45) is 3.20. The second-order valence-corrected chi connectivity index (χ2v) is 5.90. The lowest BCUT2D eigenvalue weighted by Crippen LogP contribution is -2.30. The Morgan fingerprint density at radius 1 is 1.47 bits per heavy atom. The number of hydrogen-bond donors (Lipinski definition) is 0. The highest BCUT2D eigenvalue weighted by Gasteiger charge is 2.18. The Bertz CT molecular complexity index is 430. The molecule has 0 aromatic heterocycles. The van der Waals surface area contributed by atoms with Crippen LogP contribution in [-0.4, -0.2) is 43.5 Å². The minimum Gasteiger partial charge on any atom is -0.377 e. The zero-order valence-corrected chi connectivity index (χ0v) is 12.9. The van der Waals surface area contributed by atoms with Gasteiger partial charge in [0.25, 0.3) is 0 Å². The van der Waals surface area contributed by atoms with Crippen LogP contribution in [0.2, 0.25) is 0 Å². The van der Waals surface area contributed by atoms with Gasteiger partial charge in [0.1, 0.15) is 0 Å². The van der Waals surface area contributed by atoms with Crippen molar-refractivity contribution in [2.24, 2.45) is 0 Å². The molecule has 1 aromatic rings. The van der Waals surface area contributed by atoms with Gasteiger partial charge in [-0.15, -0.1) is 0 Å². The fraction of sp³-hybridized carbons (Fsp3) is 0.533. The standard InChI is InChI=1S/C15H20BrNO2/c1-17(11-12-5-4-10-19-12)9-8-15(18)13-6-2-3-7-14(13)16/h2-3,6-7,12H,4-5,8-11H2,1H3. The number of halogens is 1. The van der Waals surface area contributed by atoms with E-state index in [2.05, 4.69) is 27.9 Å². The second-order valence-electron chi connectivity index (χ2n) is 5.05. The monoisotopic (exact) mass is 325 g/mol. The Balaban J connectivity index is 1.78. The topological polar surface area (TPSA) is 29.5 Å². The predicted molar refractivity (Wildman–Crippen MR) is 79.6 cm³/mol. The molecule has 1 atom stereocenters. The Hall–Kier alpha value is -0.710. The Kier molecular flexibility index (Phi) is 5.55. The Morgan fingerprint density at radius 3 is 2.95 bits per heavy atom. The summed E-state index contributed by atoms with van der Waals surface area (Å²) < 4.78 is 6.48. The molecule has 1 unspecified atom stereocenters. The molecule has 0 saturated carbocycles. The van der Waals surface area contributed by atoms with E-state index in [9.17, 15) is 4.79 Å². The van der Waals surface area contributed by atoms with Crippen LogP contribution in [0.4, 0.5) is 0 Å². The van der Waals surface area contributed by atoms with Crippen LogP contribution in [0.5, 0.6) is 0 Å². The third kappa shape index (κ3) is 4.41. The van der Waals surface area contributed by atoms with Gasteiger partial charge in [0.05, 0.1) is 6.10 Å². The summed E-state index contributed by atoms with van der Waals surface area (Å²) >= 11 is 3.42. The van der Waals surface area contributed by atoms with E-state index in [0.29, 0.717) is 12.5 Å². The maximum Gasteiger partial charge on any atom is 0.165 e. The van der Waals surface area contributed by atoms with Crippen LogP contribution >= 0.6 is 15.9 Å². The highest BCUT2D eigenvalue weighted by atomic mass is 79.9. The molecular formula is C15H20BrNO2. The average Bonchev–Trinajstić information content (AvgIpc) is 2.89. The molecule has 0 spiro atoms. The summed E-state index contributed by atoms with van der Waals surface area (Å²) in [5.74, 6) is 0.187. The summed E-state index contributed by atoms with van der Waals surface area (Å²) in [5, 5.41) is 0. The molecule has 1 heterocycles. The van der Waals surface area contributed by atoms with E-state index in [1.165, 1.54) is 0 Å². The quantitative estimate of drug-likeness (QED) is 0.752. The Morgan fingerprint density at radius 2 is 2.26 bits per heavy atom. The molecule has 0 bridgehead atoms. The molecule has 2 rings (SSSR count). The molecule has 0 amide bonds.